The number of carbonyl (C=O) groups is 2. The molecule has 0 N–H and O–H groups in total. The fourth-order valence-electron chi connectivity index (χ4n) is 4.30. The summed E-state index contributed by atoms with van der Waals surface area (Å²) in [6.45, 7) is 3.19. The van der Waals surface area contributed by atoms with E-state index >= 15 is 0 Å². The van der Waals surface area contributed by atoms with Crippen LogP contribution in [0.2, 0.25) is 0 Å². The number of ether oxygens (including phenoxy) is 1. The van der Waals surface area contributed by atoms with Gasteiger partial charge in [0.15, 0.2) is 11.4 Å². The average molecular weight is 422 g/mol. The highest BCUT2D eigenvalue weighted by atomic mass is 16.5. The first kappa shape index (κ1) is 21.0. The zero-order valence-corrected chi connectivity index (χ0v) is 18.2. The Morgan fingerprint density at radius 3 is 2.77 bits per heavy atom. The van der Waals surface area contributed by atoms with E-state index < -0.39 is 0 Å². The standard InChI is InChI=1S/C23H27N5O3/c1-15-13-17(31-3)6-7-18(15)19(29)8-9-20(30)28-12-4-5-16(14-28)21-22-23(27(2)26-21)25-11-10-24-22/h6-7,10-11,13,16H,4-5,8-9,12,14H2,1-3H3/t16-/m0/s1. The van der Waals surface area contributed by atoms with Gasteiger partial charge in [-0.15, -0.1) is 0 Å². The third kappa shape index (κ3) is 4.28. The highest BCUT2D eigenvalue weighted by molar-refractivity contribution is 5.99. The quantitative estimate of drug-likeness (QED) is 0.568. The normalized spacial score (nSPS) is 16.5. The summed E-state index contributed by atoms with van der Waals surface area (Å²) < 4.78 is 6.94. The van der Waals surface area contributed by atoms with Crippen molar-refractivity contribution in [2.24, 2.45) is 7.05 Å². The minimum atomic E-state index is -0.0203. The molecule has 1 saturated heterocycles. The van der Waals surface area contributed by atoms with E-state index in [1.165, 1.54) is 0 Å². The van der Waals surface area contributed by atoms with Crippen LogP contribution in [0.3, 0.4) is 0 Å². The monoisotopic (exact) mass is 421 g/mol. The number of amides is 1. The molecule has 4 rings (SSSR count). The van der Waals surface area contributed by atoms with Gasteiger partial charge in [0.25, 0.3) is 0 Å². The largest absolute Gasteiger partial charge is 0.497 e. The molecule has 162 valence electrons. The fraction of sp³-hybridized carbons (Fsp3) is 0.435. The number of methoxy groups -OCH3 is 1. The number of rotatable bonds is 6. The lowest BCUT2D eigenvalue weighted by Gasteiger charge is -2.32. The first-order valence-corrected chi connectivity index (χ1v) is 10.6. The van der Waals surface area contributed by atoms with Gasteiger partial charge in [-0.3, -0.25) is 9.59 Å². The molecular formula is C23H27N5O3. The molecule has 31 heavy (non-hydrogen) atoms. The molecule has 1 aromatic carbocycles. The number of likely N-dealkylation sites (tertiary alicyclic amines) is 1. The summed E-state index contributed by atoms with van der Waals surface area (Å²) in [5.74, 6) is 0.831. The number of piperidine rings is 1. The van der Waals surface area contributed by atoms with Crippen molar-refractivity contribution in [1.29, 1.82) is 0 Å². The van der Waals surface area contributed by atoms with Gasteiger partial charge in [-0.05, 0) is 43.5 Å². The molecule has 1 atom stereocenters. The number of aryl methyl sites for hydroxylation is 2. The van der Waals surface area contributed by atoms with E-state index in [1.807, 2.05) is 24.9 Å². The number of carbonyl (C=O) groups excluding carboxylic acids is 2. The van der Waals surface area contributed by atoms with Crippen LogP contribution in [-0.4, -0.2) is 56.5 Å². The first-order chi connectivity index (χ1) is 15.0. The zero-order valence-electron chi connectivity index (χ0n) is 18.2. The van der Waals surface area contributed by atoms with Crippen molar-refractivity contribution in [2.75, 3.05) is 20.2 Å². The van der Waals surface area contributed by atoms with Crippen molar-refractivity contribution in [3.05, 3.63) is 47.4 Å². The average Bonchev–Trinajstić information content (AvgIpc) is 3.14. The van der Waals surface area contributed by atoms with Crippen LogP contribution in [0, 0.1) is 6.92 Å². The molecule has 0 unspecified atom stereocenters. The topological polar surface area (TPSA) is 90.2 Å². The van der Waals surface area contributed by atoms with Crippen molar-refractivity contribution in [2.45, 2.75) is 38.5 Å². The molecule has 0 saturated carbocycles. The fourth-order valence-corrected chi connectivity index (χ4v) is 4.30. The zero-order chi connectivity index (χ0) is 22.0. The molecule has 1 aliphatic heterocycles. The summed E-state index contributed by atoms with van der Waals surface area (Å²) in [7, 11) is 3.46. The number of hydrogen-bond acceptors (Lipinski definition) is 6. The lowest BCUT2D eigenvalue weighted by molar-refractivity contribution is -0.132. The van der Waals surface area contributed by atoms with Gasteiger partial charge in [-0.1, -0.05) is 0 Å². The van der Waals surface area contributed by atoms with Gasteiger partial charge < -0.3 is 9.64 Å². The van der Waals surface area contributed by atoms with Crippen LogP contribution in [0.15, 0.2) is 30.6 Å². The molecule has 8 heteroatoms. The molecule has 3 aromatic rings. The molecule has 0 radical (unpaired) electrons. The number of aromatic nitrogens is 4. The van der Waals surface area contributed by atoms with Crippen molar-refractivity contribution in [3.8, 4) is 5.75 Å². The van der Waals surface area contributed by atoms with Gasteiger partial charge in [-0.2, -0.15) is 5.10 Å². The van der Waals surface area contributed by atoms with E-state index in [0.29, 0.717) is 18.7 Å². The highest BCUT2D eigenvalue weighted by Gasteiger charge is 2.29. The van der Waals surface area contributed by atoms with Gasteiger partial charge in [0.2, 0.25) is 5.91 Å². The Labute approximate surface area is 181 Å². The number of ketones is 1. The van der Waals surface area contributed by atoms with Crippen molar-refractivity contribution < 1.29 is 14.3 Å². The Bertz CT molecular complexity index is 1120. The smallest absolute Gasteiger partial charge is 0.223 e. The van der Waals surface area contributed by atoms with Crippen LogP contribution in [0.5, 0.6) is 5.75 Å². The van der Waals surface area contributed by atoms with Gasteiger partial charge in [0, 0.05) is 56.9 Å². The molecule has 1 amide bonds. The maximum absolute atomic E-state index is 12.9. The van der Waals surface area contributed by atoms with Crippen LogP contribution in [-0.2, 0) is 11.8 Å². The molecule has 1 aliphatic rings. The third-order valence-corrected chi connectivity index (χ3v) is 5.95. The second-order valence-electron chi connectivity index (χ2n) is 8.02. The summed E-state index contributed by atoms with van der Waals surface area (Å²) in [6, 6.07) is 5.38. The summed E-state index contributed by atoms with van der Waals surface area (Å²) in [6.07, 6.45) is 5.60. The van der Waals surface area contributed by atoms with E-state index in [9.17, 15) is 9.59 Å². The molecule has 0 bridgehead atoms. The summed E-state index contributed by atoms with van der Waals surface area (Å²) >= 11 is 0. The van der Waals surface area contributed by atoms with E-state index in [2.05, 4.69) is 15.1 Å². The van der Waals surface area contributed by atoms with E-state index in [0.717, 1.165) is 41.0 Å². The highest BCUT2D eigenvalue weighted by Crippen LogP contribution is 2.30. The Morgan fingerprint density at radius 2 is 2.00 bits per heavy atom. The Kier molecular flexibility index (Phi) is 5.97. The summed E-state index contributed by atoms with van der Waals surface area (Å²) in [4.78, 5) is 36.2. The van der Waals surface area contributed by atoms with Gasteiger partial charge in [0.05, 0.1) is 12.8 Å². The molecule has 0 aliphatic carbocycles. The second-order valence-corrected chi connectivity index (χ2v) is 8.02. The number of nitrogens with zero attached hydrogens (tertiary/aromatic N) is 5. The van der Waals surface area contributed by atoms with Crippen LogP contribution < -0.4 is 4.74 Å². The summed E-state index contributed by atoms with van der Waals surface area (Å²) in [5, 5.41) is 4.63. The lowest BCUT2D eigenvalue weighted by atomic mass is 9.93. The molecule has 3 heterocycles. The maximum Gasteiger partial charge on any atom is 0.223 e. The molecule has 0 spiro atoms. The molecular weight excluding hydrogens is 394 g/mol. The van der Waals surface area contributed by atoms with Crippen LogP contribution in [0.1, 0.15) is 53.2 Å². The second kappa shape index (κ2) is 8.83. The number of benzene rings is 1. The summed E-state index contributed by atoms with van der Waals surface area (Å²) in [5.41, 5.74) is 3.95. The van der Waals surface area contributed by atoms with Gasteiger partial charge in [-0.25, -0.2) is 14.6 Å². The number of Topliss-reactive ketones (excluding diaryl/α,β-unsaturated/α-hetero) is 1. The number of hydrogen-bond donors (Lipinski definition) is 0. The van der Waals surface area contributed by atoms with E-state index in [-0.39, 0.29) is 30.4 Å². The van der Waals surface area contributed by atoms with Crippen molar-refractivity contribution in [1.82, 2.24) is 24.6 Å². The Morgan fingerprint density at radius 1 is 1.19 bits per heavy atom. The molecule has 2 aromatic heterocycles. The minimum Gasteiger partial charge on any atom is -0.497 e. The Hall–Kier alpha value is -3.29. The predicted molar refractivity (Wildman–Crippen MR) is 116 cm³/mol. The van der Waals surface area contributed by atoms with E-state index in [1.54, 1.807) is 36.3 Å². The van der Waals surface area contributed by atoms with Gasteiger partial charge in [0.1, 0.15) is 11.3 Å². The lowest BCUT2D eigenvalue weighted by Crippen LogP contribution is -2.39. The van der Waals surface area contributed by atoms with Crippen LogP contribution >= 0.6 is 0 Å². The number of fused-ring (bicyclic) bond motifs is 1. The van der Waals surface area contributed by atoms with Crippen molar-refractivity contribution in [3.63, 3.8) is 0 Å². The SMILES string of the molecule is COc1ccc(C(=O)CCC(=O)N2CCC[C@H](c3nn(C)c4nccnc34)C2)c(C)c1. The van der Waals surface area contributed by atoms with Crippen LogP contribution in [0.25, 0.3) is 11.2 Å². The molecule has 8 nitrogen and oxygen atoms in total. The molecule has 1 fully saturated rings. The van der Waals surface area contributed by atoms with Crippen molar-refractivity contribution >= 4 is 22.9 Å². The van der Waals surface area contributed by atoms with E-state index in [4.69, 9.17) is 4.74 Å². The maximum atomic E-state index is 12.9. The minimum absolute atomic E-state index is 0.00976. The first-order valence-electron chi connectivity index (χ1n) is 10.6. The predicted octanol–water partition coefficient (Wildman–Crippen LogP) is 3.05. The third-order valence-electron chi connectivity index (χ3n) is 5.95. The Balaban J connectivity index is 1.40. The van der Waals surface area contributed by atoms with Crippen LogP contribution in [0.4, 0.5) is 0 Å². The van der Waals surface area contributed by atoms with Gasteiger partial charge >= 0.3 is 0 Å².